The molecule has 0 radical (unpaired) electrons. The number of benzene rings is 2. The van der Waals surface area contributed by atoms with E-state index < -0.39 is 0 Å². The summed E-state index contributed by atoms with van der Waals surface area (Å²) >= 11 is 0. The maximum Gasteiger partial charge on any atom is 0.256 e. The van der Waals surface area contributed by atoms with E-state index in [1.807, 2.05) is 41.4 Å². The molecule has 1 aliphatic rings. The van der Waals surface area contributed by atoms with E-state index in [2.05, 4.69) is 28.2 Å². The Morgan fingerprint density at radius 1 is 0.958 bits per heavy atom. The highest BCUT2D eigenvalue weighted by Crippen LogP contribution is 2.29. The molecular formula is C20H17N3O. The Morgan fingerprint density at radius 2 is 1.71 bits per heavy atom. The fourth-order valence-electron chi connectivity index (χ4n) is 3.79. The molecule has 3 heterocycles. The normalized spacial score (nSPS) is 14.2. The summed E-state index contributed by atoms with van der Waals surface area (Å²) in [6, 6.07) is 16.3. The molecule has 0 fully saturated rings. The summed E-state index contributed by atoms with van der Waals surface area (Å²) in [5.74, 6) is 0.0942. The lowest BCUT2D eigenvalue weighted by Gasteiger charge is -2.27. The Bertz CT molecular complexity index is 1070. The molecule has 1 amide bonds. The number of hydrogen-bond acceptors (Lipinski definition) is 1. The van der Waals surface area contributed by atoms with E-state index in [0.717, 1.165) is 40.6 Å². The van der Waals surface area contributed by atoms with E-state index in [1.165, 1.54) is 10.9 Å². The number of nitrogens with one attached hydrogen (secondary N) is 2. The van der Waals surface area contributed by atoms with Gasteiger partial charge < -0.3 is 14.9 Å². The van der Waals surface area contributed by atoms with Gasteiger partial charge >= 0.3 is 0 Å². The molecule has 0 saturated carbocycles. The number of hydrogen-bond donors (Lipinski definition) is 2. The second kappa shape index (κ2) is 4.99. The fraction of sp³-hybridized carbons (Fsp3) is 0.150. The molecule has 1 aliphatic heterocycles. The van der Waals surface area contributed by atoms with Crippen molar-refractivity contribution in [1.82, 2.24) is 14.9 Å². The van der Waals surface area contributed by atoms with Crippen LogP contribution in [0, 0.1) is 0 Å². The number of aromatic nitrogens is 2. The van der Waals surface area contributed by atoms with Gasteiger partial charge in [-0.1, -0.05) is 36.4 Å². The van der Waals surface area contributed by atoms with Crippen LogP contribution in [-0.4, -0.2) is 27.3 Å². The van der Waals surface area contributed by atoms with E-state index >= 15 is 0 Å². The molecule has 118 valence electrons. The van der Waals surface area contributed by atoms with Crippen LogP contribution in [0.25, 0.3) is 21.8 Å². The largest absolute Gasteiger partial charge is 0.360 e. The zero-order valence-corrected chi connectivity index (χ0v) is 13.2. The molecule has 2 N–H and O–H groups in total. The molecule has 0 unspecified atom stereocenters. The summed E-state index contributed by atoms with van der Waals surface area (Å²) < 4.78 is 0. The van der Waals surface area contributed by atoms with Crippen LogP contribution in [0.15, 0.2) is 54.7 Å². The second-order valence-electron chi connectivity index (χ2n) is 6.35. The molecule has 4 aromatic rings. The van der Waals surface area contributed by atoms with Crippen molar-refractivity contribution < 1.29 is 4.79 Å². The third-order valence-corrected chi connectivity index (χ3v) is 4.99. The van der Waals surface area contributed by atoms with Gasteiger partial charge in [0.15, 0.2) is 0 Å². The highest BCUT2D eigenvalue weighted by Gasteiger charge is 2.25. The fourth-order valence-corrected chi connectivity index (χ4v) is 3.79. The van der Waals surface area contributed by atoms with Crippen molar-refractivity contribution in [1.29, 1.82) is 0 Å². The van der Waals surface area contributed by atoms with Crippen LogP contribution < -0.4 is 0 Å². The summed E-state index contributed by atoms with van der Waals surface area (Å²) in [7, 11) is 0. The summed E-state index contributed by atoms with van der Waals surface area (Å²) in [4.78, 5) is 21.6. The van der Waals surface area contributed by atoms with Crippen molar-refractivity contribution in [3.05, 3.63) is 71.5 Å². The van der Waals surface area contributed by atoms with Gasteiger partial charge in [-0.3, -0.25) is 4.79 Å². The predicted molar refractivity (Wildman–Crippen MR) is 95.0 cm³/mol. The lowest BCUT2D eigenvalue weighted by molar-refractivity contribution is 0.0735. The molecule has 5 rings (SSSR count). The first-order chi connectivity index (χ1) is 11.8. The summed E-state index contributed by atoms with van der Waals surface area (Å²) in [5.41, 5.74) is 5.43. The lowest BCUT2D eigenvalue weighted by Crippen LogP contribution is -2.35. The SMILES string of the molecule is O=C(c1c[nH]c2ccccc12)N1CCc2c([nH]c3ccccc23)C1. The molecule has 4 nitrogen and oxygen atoms in total. The zero-order valence-electron chi connectivity index (χ0n) is 13.2. The van der Waals surface area contributed by atoms with E-state index in [1.54, 1.807) is 0 Å². The third kappa shape index (κ3) is 1.89. The van der Waals surface area contributed by atoms with Crippen LogP contribution in [0.5, 0.6) is 0 Å². The average molecular weight is 315 g/mol. The van der Waals surface area contributed by atoms with Gasteiger partial charge in [0.2, 0.25) is 0 Å². The lowest BCUT2D eigenvalue weighted by atomic mass is 10.0. The van der Waals surface area contributed by atoms with Gasteiger partial charge in [0.05, 0.1) is 12.1 Å². The van der Waals surface area contributed by atoms with E-state index in [-0.39, 0.29) is 5.91 Å². The van der Waals surface area contributed by atoms with Crippen LogP contribution in [0.2, 0.25) is 0 Å². The standard InChI is InChI=1S/C20H17N3O/c24-20(16-11-21-17-7-3-1-6-14(16)17)23-10-9-15-13-5-2-4-8-18(13)22-19(15)12-23/h1-8,11,21-22H,9-10,12H2. The molecule has 0 aliphatic carbocycles. The minimum Gasteiger partial charge on any atom is -0.360 e. The molecule has 2 aromatic heterocycles. The maximum atomic E-state index is 13.0. The van der Waals surface area contributed by atoms with Gasteiger partial charge in [-0.25, -0.2) is 0 Å². The Labute approximate surface area is 139 Å². The van der Waals surface area contributed by atoms with Gasteiger partial charge in [-0.2, -0.15) is 0 Å². The smallest absolute Gasteiger partial charge is 0.256 e. The van der Waals surface area contributed by atoms with Gasteiger partial charge in [0, 0.05) is 40.2 Å². The number of carbonyl (C=O) groups is 1. The molecule has 0 spiro atoms. The molecule has 24 heavy (non-hydrogen) atoms. The zero-order chi connectivity index (χ0) is 16.1. The Hall–Kier alpha value is -3.01. The van der Waals surface area contributed by atoms with Crippen LogP contribution in [0.1, 0.15) is 21.6 Å². The molecule has 0 atom stereocenters. The number of H-pyrrole nitrogens is 2. The van der Waals surface area contributed by atoms with Gasteiger partial charge in [-0.05, 0) is 24.1 Å². The van der Waals surface area contributed by atoms with Crippen LogP contribution in [0.4, 0.5) is 0 Å². The summed E-state index contributed by atoms with van der Waals surface area (Å²) in [6.45, 7) is 1.40. The molecule has 0 bridgehead atoms. The topological polar surface area (TPSA) is 51.9 Å². The average Bonchev–Trinajstić information content (AvgIpc) is 3.22. The first kappa shape index (κ1) is 13.4. The Morgan fingerprint density at radius 3 is 2.58 bits per heavy atom. The Kier molecular flexibility index (Phi) is 2.80. The van der Waals surface area contributed by atoms with E-state index in [0.29, 0.717) is 6.54 Å². The number of amides is 1. The van der Waals surface area contributed by atoms with Crippen molar-refractivity contribution in [2.24, 2.45) is 0 Å². The number of aromatic amines is 2. The monoisotopic (exact) mass is 315 g/mol. The highest BCUT2D eigenvalue weighted by molar-refractivity contribution is 6.06. The van der Waals surface area contributed by atoms with Crippen molar-refractivity contribution in [2.45, 2.75) is 13.0 Å². The molecule has 2 aromatic carbocycles. The summed E-state index contributed by atoms with van der Waals surface area (Å²) in [6.07, 6.45) is 2.72. The van der Waals surface area contributed by atoms with Crippen molar-refractivity contribution in [3.8, 4) is 0 Å². The van der Waals surface area contributed by atoms with Crippen LogP contribution in [-0.2, 0) is 13.0 Å². The predicted octanol–water partition coefficient (Wildman–Crippen LogP) is 3.85. The van der Waals surface area contributed by atoms with E-state index in [4.69, 9.17) is 0 Å². The van der Waals surface area contributed by atoms with Crippen molar-refractivity contribution in [3.63, 3.8) is 0 Å². The number of para-hydroxylation sites is 2. The number of carbonyl (C=O) groups excluding carboxylic acids is 1. The number of fused-ring (bicyclic) bond motifs is 4. The minimum absolute atomic E-state index is 0.0942. The maximum absolute atomic E-state index is 13.0. The third-order valence-electron chi connectivity index (χ3n) is 4.99. The first-order valence-electron chi connectivity index (χ1n) is 8.25. The molecule has 4 heteroatoms. The van der Waals surface area contributed by atoms with Crippen molar-refractivity contribution >= 4 is 27.7 Å². The molecule has 0 saturated heterocycles. The summed E-state index contributed by atoms with van der Waals surface area (Å²) in [5, 5.41) is 2.27. The first-order valence-corrected chi connectivity index (χ1v) is 8.25. The van der Waals surface area contributed by atoms with E-state index in [9.17, 15) is 4.79 Å². The Balaban J connectivity index is 1.51. The van der Waals surface area contributed by atoms with Gasteiger partial charge in [0.25, 0.3) is 5.91 Å². The second-order valence-corrected chi connectivity index (χ2v) is 6.35. The van der Waals surface area contributed by atoms with Crippen LogP contribution in [0.3, 0.4) is 0 Å². The van der Waals surface area contributed by atoms with Gasteiger partial charge in [-0.15, -0.1) is 0 Å². The number of nitrogens with zero attached hydrogens (tertiary/aromatic N) is 1. The van der Waals surface area contributed by atoms with Gasteiger partial charge in [0.1, 0.15) is 0 Å². The van der Waals surface area contributed by atoms with Crippen LogP contribution >= 0.6 is 0 Å². The van der Waals surface area contributed by atoms with Crippen molar-refractivity contribution in [2.75, 3.05) is 6.54 Å². The molecular weight excluding hydrogens is 298 g/mol. The highest BCUT2D eigenvalue weighted by atomic mass is 16.2. The minimum atomic E-state index is 0.0942. The quantitative estimate of drug-likeness (QED) is 0.551. The number of rotatable bonds is 1.